The van der Waals surface area contributed by atoms with Crippen LogP contribution in [0.5, 0.6) is 0 Å². The van der Waals surface area contributed by atoms with Gasteiger partial charge in [0.05, 0.1) is 23.8 Å². The van der Waals surface area contributed by atoms with Gasteiger partial charge in [0.25, 0.3) is 5.56 Å². The van der Waals surface area contributed by atoms with Crippen molar-refractivity contribution >= 4 is 22.1 Å². The molecule has 1 unspecified atom stereocenters. The summed E-state index contributed by atoms with van der Waals surface area (Å²) >= 11 is 0. The molecule has 4 heterocycles. The molecular formula is C22H24N6O. The van der Waals surface area contributed by atoms with E-state index in [0.29, 0.717) is 24.4 Å². The third kappa shape index (κ3) is 3.61. The van der Waals surface area contributed by atoms with Crippen molar-refractivity contribution < 1.29 is 0 Å². The van der Waals surface area contributed by atoms with E-state index in [0.717, 1.165) is 48.3 Å². The molecule has 7 heteroatoms. The maximum Gasteiger partial charge on any atom is 0.276 e. The minimum Gasteiger partial charge on any atom is -0.380 e. The Hall–Kier alpha value is -3.19. The lowest BCUT2D eigenvalue weighted by Crippen LogP contribution is -2.38. The van der Waals surface area contributed by atoms with Crippen LogP contribution in [-0.4, -0.2) is 38.3 Å². The van der Waals surface area contributed by atoms with E-state index in [-0.39, 0.29) is 5.56 Å². The average molecular weight is 388 g/mol. The van der Waals surface area contributed by atoms with Crippen molar-refractivity contribution in [2.24, 2.45) is 0 Å². The highest BCUT2D eigenvalue weighted by atomic mass is 16.1. The molecule has 0 saturated carbocycles. The van der Waals surface area contributed by atoms with Crippen molar-refractivity contribution in [1.29, 1.82) is 0 Å². The van der Waals surface area contributed by atoms with Gasteiger partial charge in [-0.15, -0.1) is 0 Å². The van der Waals surface area contributed by atoms with Gasteiger partial charge in [0.1, 0.15) is 5.65 Å². The van der Waals surface area contributed by atoms with Crippen LogP contribution in [-0.2, 0) is 13.0 Å². The normalized spacial score (nSPS) is 17.0. The van der Waals surface area contributed by atoms with Gasteiger partial charge < -0.3 is 15.0 Å². The van der Waals surface area contributed by atoms with Gasteiger partial charge in [0.15, 0.2) is 0 Å². The molecule has 1 aliphatic rings. The van der Waals surface area contributed by atoms with E-state index >= 15 is 0 Å². The molecule has 5 rings (SSSR count). The van der Waals surface area contributed by atoms with Crippen molar-refractivity contribution in [2.45, 2.75) is 31.8 Å². The summed E-state index contributed by atoms with van der Waals surface area (Å²) in [6, 6.07) is 12.2. The van der Waals surface area contributed by atoms with Gasteiger partial charge >= 0.3 is 0 Å². The van der Waals surface area contributed by atoms with Crippen LogP contribution in [0.1, 0.15) is 18.5 Å². The predicted octanol–water partition coefficient (Wildman–Crippen LogP) is 2.45. The standard InChI is InChI=1S/C22H24N6O/c29-22-21-16(5-3-7-19(21)25-17-6-4-10-23-14-17)13-24-28(22)12-9-18-15-27-11-2-1-8-20(27)26-18/h1-3,5,7-8,11,13,15,17,23,25H,4,6,9-10,12,14H2. The zero-order valence-corrected chi connectivity index (χ0v) is 16.2. The zero-order chi connectivity index (χ0) is 19.6. The largest absolute Gasteiger partial charge is 0.380 e. The lowest BCUT2D eigenvalue weighted by atomic mass is 10.1. The molecule has 0 bridgehead atoms. The summed E-state index contributed by atoms with van der Waals surface area (Å²) in [6.07, 6.45) is 8.67. The Bertz CT molecular complexity index is 1170. The molecule has 1 atom stereocenters. The number of hydrogen-bond acceptors (Lipinski definition) is 5. The van der Waals surface area contributed by atoms with Crippen molar-refractivity contribution in [3.8, 4) is 0 Å². The second kappa shape index (κ2) is 7.67. The molecule has 1 aromatic carbocycles. The van der Waals surface area contributed by atoms with Gasteiger partial charge in [-0.25, -0.2) is 9.67 Å². The molecule has 3 aromatic heterocycles. The van der Waals surface area contributed by atoms with Gasteiger partial charge in [0.2, 0.25) is 0 Å². The predicted molar refractivity (Wildman–Crippen MR) is 114 cm³/mol. The lowest BCUT2D eigenvalue weighted by Gasteiger charge is -2.25. The van der Waals surface area contributed by atoms with Crippen molar-refractivity contribution in [3.63, 3.8) is 0 Å². The van der Waals surface area contributed by atoms with E-state index in [1.165, 1.54) is 0 Å². The number of imidazole rings is 1. The topological polar surface area (TPSA) is 76.2 Å². The fraction of sp³-hybridized carbons (Fsp3) is 0.318. The monoisotopic (exact) mass is 388 g/mol. The second-order valence-corrected chi connectivity index (χ2v) is 7.58. The fourth-order valence-corrected chi connectivity index (χ4v) is 4.03. The number of rotatable bonds is 5. The van der Waals surface area contributed by atoms with Crippen LogP contribution in [0.15, 0.2) is 59.8 Å². The summed E-state index contributed by atoms with van der Waals surface area (Å²) in [4.78, 5) is 17.8. The number of benzene rings is 1. The third-order valence-electron chi connectivity index (χ3n) is 5.53. The van der Waals surface area contributed by atoms with Crippen LogP contribution in [0.2, 0.25) is 0 Å². The molecule has 0 aliphatic carbocycles. The SMILES string of the molecule is O=c1c2c(NC3CCCNC3)cccc2cnn1CCc1cn2ccccc2n1. The quantitative estimate of drug-likeness (QED) is 0.549. The van der Waals surface area contributed by atoms with Crippen LogP contribution in [0.4, 0.5) is 5.69 Å². The Morgan fingerprint density at radius 3 is 3.03 bits per heavy atom. The molecule has 2 N–H and O–H groups in total. The van der Waals surface area contributed by atoms with Crippen molar-refractivity contribution in [2.75, 3.05) is 18.4 Å². The summed E-state index contributed by atoms with van der Waals surface area (Å²) in [6.45, 7) is 2.48. The number of aromatic nitrogens is 4. The first-order chi connectivity index (χ1) is 14.3. The maximum atomic E-state index is 13.2. The van der Waals surface area contributed by atoms with Gasteiger partial charge in [0, 0.05) is 42.5 Å². The van der Waals surface area contributed by atoms with E-state index < -0.39 is 0 Å². The third-order valence-corrected chi connectivity index (χ3v) is 5.53. The van der Waals surface area contributed by atoms with E-state index in [9.17, 15) is 4.79 Å². The first-order valence-corrected chi connectivity index (χ1v) is 10.2. The van der Waals surface area contributed by atoms with Crippen molar-refractivity contribution in [1.82, 2.24) is 24.5 Å². The first kappa shape index (κ1) is 17.9. The van der Waals surface area contributed by atoms with Gasteiger partial charge in [-0.3, -0.25) is 4.79 Å². The Balaban J connectivity index is 1.42. The fourth-order valence-electron chi connectivity index (χ4n) is 4.03. The summed E-state index contributed by atoms with van der Waals surface area (Å²) in [5.41, 5.74) is 2.70. The summed E-state index contributed by atoms with van der Waals surface area (Å²) in [5.74, 6) is 0. The number of nitrogens with zero attached hydrogens (tertiary/aromatic N) is 4. The Morgan fingerprint density at radius 2 is 2.17 bits per heavy atom. The molecule has 1 saturated heterocycles. The van der Waals surface area contributed by atoms with Gasteiger partial charge in [-0.2, -0.15) is 5.10 Å². The molecule has 148 valence electrons. The number of nitrogens with one attached hydrogen (secondary N) is 2. The maximum absolute atomic E-state index is 13.2. The number of anilines is 1. The molecule has 1 aliphatic heterocycles. The van der Waals surface area contributed by atoms with E-state index in [2.05, 4.69) is 20.7 Å². The highest BCUT2D eigenvalue weighted by Gasteiger charge is 2.16. The average Bonchev–Trinajstić information content (AvgIpc) is 3.17. The van der Waals surface area contributed by atoms with Gasteiger partial charge in [-0.1, -0.05) is 18.2 Å². The summed E-state index contributed by atoms with van der Waals surface area (Å²) in [7, 11) is 0. The smallest absolute Gasteiger partial charge is 0.276 e. The summed E-state index contributed by atoms with van der Waals surface area (Å²) < 4.78 is 3.54. The van der Waals surface area contributed by atoms with E-state index in [1.54, 1.807) is 10.9 Å². The molecule has 7 nitrogen and oxygen atoms in total. The zero-order valence-electron chi connectivity index (χ0n) is 16.2. The van der Waals surface area contributed by atoms with Gasteiger partial charge in [-0.05, 0) is 37.6 Å². The van der Waals surface area contributed by atoms with Crippen LogP contribution in [0, 0.1) is 0 Å². The highest BCUT2D eigenvalue weighted by molar-refractivity contribution is 5.92. The molecule has 1 fully saturated rings. The molecule has 0 spiro atoms. The molecule has 0 amide bonds. The number of hydrogen-bond donors (Lipinski definition) is 2. The number of aryl methyl sites for hydroxylation is 2. The van der Waals surface area contributed by atoms with Crippen LogP contribution < -0.4 is 16.2 Å². The van der Waals surface area contributed by atoms with Crippen molar-refractivity contribution in [3.05, 3.63) is 71.0 Å². The molecule has 4 aromatic rings. The lowest BCUT2D eigenvalue weighted by molar-refractivity contribution is 0.480. The van der Waals surface area contributed by atoms with Crippen LogP contribution in [0.3, 0.4) is 0 Å². The Morgan fingerprint density at radius 1 is 1.21 bits per heavy atom. The number of pyridine rings is 1. The van der Waals surface area contributed by atoms with E-state index in [1.807, 2.05) is 53.2 Å². The first-order valence-electron chi connectivity index (χ1n) is 10.2. The minimum absolute atomic E-state index is 0.0573. The number of fused-ring (bicyclic) bond motifs is 2. The highest BCUT2D eigenvalue weighted by Crippen LogP contribution is 2.21. The minimum atomic E-state index is -0.0573. The van der Waals surface area contributed by atoms with E-state index in [4.69, 9.17) is 0 Å². The molecular weight excluding hydrogens is 364 g/mol. The number of piperidine rings is 1. The summed E-state index contributed by atoms with van der Waals surface area (Å²) in [5, 5.41) is 12.9. The Kier molecular flexibility index (Phi) is 4.73. The Labute approximate surface area is 168 Å². The molecule has 0 radical (unpaired) electrons. The van der Waals surface area contributed by atoms with Crippen LogP contribution in [0.25, 0.3) is 16.4 Å². The van der Waals surface area contributed by atoms with Crippen LogP contribution >= 0.6 is 0 Å². The molecule has 29 heavy (non-hydrogen) atoms. The second-order valence-electron chi connectivity index (χ2n) is 7.58.